The summed E-state index contributed by atoms with van der Waals surface area (Å²) in [6.07, 6.45) is 8.89. The van der Waals surface area contributed by atoms with Gasteiger partial charge in [-0.3, -0.25) is 0 Å². The van der Waals surface area contributed by atoms with E-state index in [0.29, 0.717) is 0 Å². The molecule has 1 aromatic rings. The van der Waals surface area contributed by atoms with Crippen LogP contribution >= 0.6 is 11.3 Å². The van der Waals surface area contributed by atoms with Crippen molar-refractivity contribution in [1.29, 1.82) is 0 Å². The Bertz CT molecular complexity index is 330. The van der Waals surface area contributed by atoms with Crippen LogP contribution in [0.15, 0.2) is 6.20 Å². The van der Waals surface area contributed by atoms with Gasteiger partial charge in [0.2, 0.25) is 0 Å². The monoisotopic (exact) mass is 241 g/mol. The van der Waals surface area contributed by atoms with Gasteiger partial charge in [0.25, 0.3) is 0 Å². The first-order valence-corrected chi connectivity index (χ1v) is 6.73. The van der Waals surface area contributed by atoms with E-state index in [1.54, 1.807) is 24.6 Å². The van der Waals surface area contributed by atoms with E-state index in [2.05, 4.69) is 4.98 Å². The lowest BCUT2D eigenvalue weighted by Gasteiger charge is -2.28. The van der Waals surface area contributed by atoms with Gasteiger partial charge in [-0.2, -0.15) is 0 Å². The van der Waals surface area contributed by atoms with Crippen LogP contribution in [-0.4, -0.2) is 17.2 Å². The first-order valence-electron chi connectivity index (χ1n) is 5.92. The van der Waals surface area contributed by atoms with Crippen molar-refractivity contribution >= 4 is 11.3 Å². The molecule has 0 spiro atoms. The fourth-order valence-electron chi connectivity index (χ4n) is 2.40. The average molecular weight is 241 g/mol. The molecule has 1 aromatic heterocycles. The van der Waals surface area contributed by atoms with Gasteiger partial charge in [-0.15, -0.1) is 11.3 Å². The molecule has 1 N–H and O–H groups in total. The Labute approximate surface area is 100 Å². The summed E-state index contributed by atoms with van der Waals surface area (Å²) in [7, 11) is 1.78. The van der Waals surface area contributed by atoms with Crippen molar-refractivity contribution in [1.82, 2.24) is 4.98 Å². The van der Waals surface area contributed by atoms with Crippen molar-refractivity contribution in [3.05, 3.63) is 16.1 Å². The Morgan fingerprint density at radius 1 is 1.38 bits per heavy atom. The van der Waals surface area contributed by atoms with Crippen LogP contribution in [0, 0.1) is 0 Å². The Morgan fingerprint density at radius 2 is 2.06 bits per heavy atom. The van der Waals surface area contributed by atoms with Crippen LogP contribution in [0.4, 0.5) is 0 Å². The number of hydrogen-bond donors (Lipinski definition) is 1. The van der Waals surface area contributed by atoms with E-state index in [9.17, 15) is 0 Å². The number of ether oxygens (including phenoxy) is 1. The summed E-state index contributed by atoms with van der Waals surface area (Å²) in [5, 5.41) is 10.1. The van der Waals surface area contributed by atoms with Crippen molar-refractivity contribution in [3.63, 3.8) is 0 Å². The molecule has 0 atom stereocenters. The Kier molecular flexibility index (Phi) is 3.95. The maximum absolute atomic E-state index is 9.09. The highest BCUT2D eigenvalue weighted by Crippen LogP contribution is 2.40. The number of methoxy groups -OCH3 is 1. The van der Waals surface area contributed by atoms with Gasteiger partial charge in [0.15, 0.2) is 0 Å². The summed E-state index contributed by atoms with van der Waals surface area (Å²) in [4.78, 5) is 5.36. The predicted octanol–water partition coefficient (Wildman–Crippen LogP) is 2.83. The molecule has 4 heteroatoms. The molecule has 1 aliphatic rings. The minimum Gasteiger partial charge on any atom is -0.391 e. The van der Waals surface area contributed by atoms with E-state index in [1.807, 2.05) is 0 Å². The lowest BCUT2D eigenvalue weighted by Crippen LogP contribution is -2.27. The van der Waals surface area contributed by atoms with Crippen LogP contribution in [-0.2, 0) is 16.9 Å². The van der Waals surface area contributed by atoms with E-state index in [-0.39, 0.29) is 12.2 Å². The third kappa shape index (κ3) is 2.29. The van der Waals surface area contributed by atoms with Gasteiger partial charge < -0.3 is 9.84 Å². The largest absolute Gasteiger partial charge is 0.391 e. The predicted molar refractivity (Wildman–Crippen MR) is 64.4 cm³/mol. The topological polar surface area (TPSA) is 42.4 Å². The highest BCUT2D eigenvalue weighted by Gasteiger charge is 2.35. The van der Waals surface area contributed by atoms with Gasteiger partial charge in [0.05, 0.1) is 11.5 Å². The summed E-state index contributed by atoms with van der Waals surface area (Å²) >= 11 is 1.59. The standard InChI is InChI=1S/C12H19NO2S/c1-15-12(6-4-2-3-5-7-12)11-13-8-10(9-14)16-11/h8,14H,2-7,9H2,1H3. The number of thiazole rings is 1. The van der Waals surface area contributed by atoms with Crippen LogP contribution in [0.3, 0.4) is 0 Å². The second kappa shape index (κ2) is 5.25. The van der Waals surface area contributed by atoms with Crippen molar-refractivity contribution in [3.8, 4) is 0 Å². The van der Waals surface area contributed by atoms with Crippen molar-refractivity contribution in [2.45, 2.75) is 50.7 Å². The number of hydrogen-bond acceptors (Lipinski definition) is 4. The summed E-state index contributed by atoms with van der Waals surface area (Å²) in [6, 6.07) is 0. The van der Waals surface area contributed by atoms with Gasteiger partial charge in [-0.05, 0) is 12.8 Å². The van der Waals surface area contributed by atoms with Crippen LogP contribution in [0.25, 0.3) is 0 Å². The molecule has 1 aliphatic carbocycles. The lowest BCUT2D eigenvalue weighted by atomic mass is 9.95. The van der Waals surface area contributed by atoms with E-state index >= 15 is 0 Å². The molecule has 0 amide bonds. The maximum atomic E-state index is 9.09. The zero-order chi connectivity index (χ0) is 11.4. The molecule has 1 heterocycles. The van der Waals surface area contributed by atoms with Gasteiger partial charge in [-0.25, -0.2) is 4.98 Å². The van der Waals surface area contributed by atoms with Crippen LogP contribution < -0.4 is 0 Å². The van der Waals surface area contributed by atoms with Crippen molar-refractivity contribution in [2.24, 2.45) is 0 Å². The molecule has 90 valence electrons. The van der Waals surface area contributed by atoms with Crippen LogP contribution in [0.2, 0.25) is 0 Å². The van der Waals surface area contributed by atoms with Crippen molar-refractivity contribution in [2.75, 3.05) is 7.11 Å². The zero-order valence-corrected chi connectivity index (χ0v) is 10.6. The molecule has 0 unspecified atom stereocenters. The zero-order valence-electron chi connectivity index (χ0n) is 9.74. The molecule has 0 saturated heterocycles. The molecular formula is C12H19NO2S. The smallest absolute Gasteiger partial charge is 0.125 e. The number of aliphatic hydroxyl groups is 1. The van der Waals surface area contributed by atoms with E-state index in [4.69, 9.17) is 9.84 Å². The van der Waals surface area contributed by atoms with E-state index in [1.165, 1.54) is 25.7 Å². The second-order valence-electron chi connectivity index (χ2n) is 4.40. The normalized spacial score (nSPS) is 20.6. The van der Waals surface area contributed by atoms with Gasteiger partial charge >= 0.3 is 0 Å². The third-order valence-corrected chi connectivity index (χ3v) is 4.57. The molecular weight excluding hydrogens is 222 g/mol. The molecule has 3 nitrogen and oxygen atoms in total. The lowest BCUT2D eigenvalue weighted by molar-refractivity contribution is -0.0279. The Balaban J connectivity index is 2.24. The maximum Gasteiger partial charge on any atom is 0.125 e. The number of aliphatic hydroxyl groups excluding tert-OH is 1. The summed E-state index contributed by atoms with van der Waals surface area (Å²) < 4.78 is 5.77. The average Bonchev–Trinajstić information content (AvgIpc) is 2.68. The minimum atomic E-state index is -0.186. The first kappa shape index (κ1) is 12.0. The summed E-state index contributed by atoms with van der Waals surface area (Å²) in [6.45, 7) is 0.0808. The molecule has 2 rings (SSSR count). The molecule has 1 saturated carbocycles. The fraction of sp³-hybridized carbons (Fsp3) is 0.750. The highest BCUT2D eigenvalue weighted by molar-refractivity contribution is 7.11. The Morgan fingerprint density at radius 3 is 2.56 bits per heavy atom. The summed E-state index contributed by atoms with van der Waals surface area (Å²) in [5.41, 5.74) is -0.186. The first-order chi connectivity index (χ1) is 7.80. The van der Waals surface area contributed by atoms with Gasteiger partial charge in [0, 0.05) is 13.3 Å². The van der Waals surface area contributed by atoms with Crippen molar-refractivity contribution < 1.29 is 9.84 Å². The molecule has 0 aromatic carbocycles. The number of rotatable bonds is 3. The van der Waals surface area contributed by atoms with Gasteiger partial charge in [0.1, 0.15) is 10.6 Å². The molecule has 0 aliphatic heterocycles. The second-order valence-corrected chi connectivity index (χ2v) is 5.52. The third-order valence-electron chi connectivity index (χ3n) is 3.40. The number of aromatic nitrogens is 1. The Hall–Kier alpha value is -0.450. The SMILES string of the molecule is COC1(c2ncc(CO)s2)CCCCCC1. The molecule has 16 heavy (non-hydrogen) atoms. The quantitative estimate of drug-likeness (QED) is 0.827. The molecule has 1 fully saturated rings. The van der Waals surface area contributed by atoms with E-state index in [0.717, 1.165) is 22.7 Å². The molecule has 0 radical (unpaired) electrons. The van der Waals surface area contributed by atoms with Crippen LogP contribution in [0.5, 0.6) is 0 Å². The molecule has 0 bridgehead atoms. The fourth-order valence-corrected chi connectivity index (χ4v) is 3.39. The number of nitrogens with zero attached hydrogens (tertiary/aromatic N) is 1. The van der Waals surface area contributed by atoms with Crippen LogP contribution in [0.1, 0.15) is 48.4 Å². The van der Waals surface area contributed by atoms with E-state index < -0.39 is 0 Å². The minimum absolute atomic E-state index is 0.0808. The summed E-state index contributed by atoms with van der Waals surface area (Å²) in [5.74, 6) is 0. The van der Waals surface area contributed by atoms with Gasteiger partial charge in [-0.1, -0.05) is 25.7 Å². The highest BCUT2D eigenvalue weighted by atomic mass is 32.1.